The number of aromatic nitrogens is 2. The zero-order valence-electron chi connectivity index (χ0n) is 12.7. The summed E-state index contributed by atoms with van der Waals surface area (Å²) in [4.78, 5) is 19.0. The average Bonchev–Trinajstić information content (AvgIpc) is 2.75. The molecule has 1 heterocycles. The van der Waals surface area contributed by atoms with Crippen molar-refractivity contribution in [3.8, 4) is 0 Å². The van der Waals surface area contributed by atoms with Crippen molar-refractivity contribution in [2.75, 3.05) is 20.6 Å². The summed E-state index contributed by atoms with van der Waals surface area (Å²) in [5, 5.41) is 3.59. The van der Waals surface area contributed by atoms with Gasteiger partial charge in [-0.1, -0.05) is 6.07 Å². The van der Waals surface area contributed by atoms with E-state index in [1.165, 1.54) is 5.56 Å². The summed E-state index contributed by atoms with van der Waals surface area (Å²) in [5.74, 6) is 0. The fraction of sp³-hybridized carbons (Fsp3) is 0.533. The molecule has 2 aromatic rings. The first-order chi connectivity index (χ1) is 9.45. The quantitative estimate of drug-likeness (QED) is 0.754. The molecule has 0 saturated heterocycles. The van der Waals surface area contributed by atoms with E-state index in [0.29, 0.717) is 6.04 Å². The molecule has 2 unspecified atom stereocenters. The third kappa shape index (κ3) is 3.71. The molecule has 0 spiro atoms. The first kappa shape index (κ1) is 14.8. The summed E-state index contributed by atoms with van der Waals surface area (Å²) in [7, 11) is 4.18. The Hall–Kier alpha value is -1.59. The molecule has 0 fully saturated rings. The van der Waals surface area contributed by atoms with Crippen LogP contribution in [0.2, 0.25) is 0 Å². The van der Waals surface area contributed by atoms with Crippen molar-refractivity contribution in [3.05, 3.63) is 34.2 Å². The first-order valence-corrected chi connectivity index (χ1v) is 7.08. The molecule has 2 atom stereocenters. The molecule has 1 aromatic carbocycles. The normalized spacial score (nSPS) is 14.8. The summed E-state index contributed by atoms with van der Waals surface area (Å²) in [5.41, 5.74) is 2.75. The second-order valence-corrected chi connectivity index (χ2v) is 5.77. The Morgan fingerprint density at radius 3 is 2.60 bits per heavy atom. The van der Waals surface area contributed by atoms with Crippen LogP contribution in [0.5, 0.6) is 0 Å². The number of benzene rings is 1. The third-order valence-electron chi connectivity index (χ3n) is 3.58. The molecule has 3 N–H and O–H groups in total. The number of rotatable bonds is 6. The molecule has 0 amide bonds. The predicted molar refractivity (Wildman–Crippen MR) is 83.1 cm³/mol. The molecule has 5 heteroatoms. The maximum atomic E-state index is 11.3. The predicted octanol–water partition coefficient (Wildman–Crippen LogP) is 1.85. The highest BCUT2D eigenvalue weighted by molar-refractivity contribution is 5.75. The second kappa shape index (κ2) is 6.24. The standard InChI is InChI=1S/C15H24N4O/c1-10(7-8-19(3)4)16-11(2)12-5-6-13-14(9-12)18-15(20)17-13/h5-6,9-11,16H,7-8H2,1-4H3,(H2,17,18,20). The Morgan fingerprint density at radius 1 is 1.20 bits per heavy atom. The highest BCUT2D eigenvalue weighted by Gasteiger charge is 2.11. The van der Waals surface area contributed by atoms with Crippen LogP contribution in [0, 0.1) is 0 Å². The molecule has 0 saturated carbocycles. The lowest BCUT2D eigenvalue weighted by Gasteiger charge is -2.21. The van der Waals surface area contributed by atoms with E-state index in [2.05, 4.69) is 54.2 Å². The number of hydrogen-bond donors (Lipinski definition) is 3. The van der Waals surface area contributed by atoms with Crippen LogP contribution >= 0.6 is 0 Å². The molecular weight excluding hydrogens is 252 g/mol. The maximum absolute atomic E-state index is 11.3. The molecule has 0 radical (unpaired) electrons. The van der Waals surface area contributed by atoms with E-state index in [-0.39, 0.29) is 11.7 Å². The number of fused-ring (bicyclic) bond motifs is 1. The van der Waals surface area contributed by atoms with Crippen molar-refractivity contribution < 1.29 is 0 Å². The fourth-order valence-electron chi connectivity index (χ4n) is 2.38. The summed E-state index contributed by atoms with van der Waals surface area (Å²) in [6.45, 7) is 5.43. The molecule has 0 aliphatic heterocycles. The van der Waals surface area contributed by atoms with E-state index in [0.717, 1.165) is 24.0 Å². The van der Waals surface area contributed by atoms with Crippen LogP contribution in [0.4, 0.5) is 0 Å². The number of hydrogen-bond acceptors (Lipinski definition) is 3. The minimum Gasteiger partial charge on any atom is -0.309 e. The number of nitrogens with one attached hydrogen (secondary N) is 3. The van der Waals surface area contributed by atoms with Crippen molar-refractivity contribution in [2.24, 2.45) is 0 Å². The maximum Gasteiger partial charge on any atom is 0.323 e. The van der Waals surface area contributed by atoms with Crippen LogP contribution in [0.3, 0.4) is 0 Å². The van der Waals surface area contributed by atoms with Gasteiger partial charge in [0.25, 0.3) is 0 Å². The van der Waals surface area contributed by atoms with Crippen molar-refractivity contribution in [2.45, 2.75) is 32.4 Å². The Morgan fingerprint density at radius 2 is 1.90 bits per heavy atom. The molecule has 5 nitrogen and oxygen atoms in total. The van der Waals surface area contributed by atoms with Crippen LogP contribution in [-0.2, 0) is 0 Å². The smallest absolute Gasteiger partial charge is 0.309 e. The van der Waals surface area contributed by atoms with Crippen molar-refractivity contribution in [3.63, 3.8) is 0 Å². The Labute approximate surface area is 119 Å². The van der Waals surface area contributed by atoms with Crippen LogP contribution < -0.4 is 11.0 Å². The molecular formula is C15H24N4O. The van der Waals surface area contributed by atoms with E-state index < -0.39 is 0 Å². The van der Waals surface area contributed by atoms with Gasteiger partial charge in [0.2, 0.25) is 0 Å². The first-order valence-electron chi connectivity index (χ1n) is 7.08. The molecule has 0 aliphatic rings. The van der Waals surface area contributed by atoms with Gasteiger partial charge in [-0.3, -0.25) is 0 Å². The van der Waals surface area contributed by atoms with E-state index in [1.54, 1.807) is 0 Å². The molecule has 0 bridgehead atoms. The van der Waals surface area contributed by atoms with E-state index in [1.807, 2.05) is 12.1 Å². The molecule has 0 aliphatic carbocycles. The van der Waals surface area contributed by atoms with Crippen LogP contribution in [0.15, 0.2) is 23.0 Å². The van der Waals surface area contributed by atoms with E-state index in [9.17, 15) is 4.79 Å². The van der Waals surface area contributed by atoms with Crippen molar-refractivity contribution >= 4 is 11.0 Å². The molecule has 2 rings (SSSR count). The Bertz CT molecular complexity index is 614. The van der Waals surface area contributed by atoms with Gasteiger partial charge in [0.05, 0.1) is 11.0 Å². The van der Waals surface area contributed by atoms with Gasteiger partial charge in [-0.2, -0.15) is 0 Å². The Kier molecular flexibility index (Phi) is 4.62. The van der Waals surface area contributed by atoms with Crippen LogP contribution in [0.25, 0.3) is 11.0 Å². The highest BCUT2D eigenvalue weighted by atomic mass is 16.1. The minimum absolute atomic E-state index is 0.155. The van der Waals surface area contributed by atoms with E-state index in [4.69, 9.17) is 0 Å². The van der Waals surface area contributed by atoms with Gasteiger partial charge in [0.1, 0.15) is 0 Å². The van der Waals surface area contributed by atoms with Crippen LogP contribution in [-0.4, -0.2) is 41.5 Å². The number of imidazole rings is 1. The second-order valence-electron chi connectivity index (χ2n) is 5.77. The zero-order chi connectivity index (χ0) is 14.7. The molecule has 1 aromatic heterocycles. The largest absolute Gasteiger partial charge is 0.323 e. The van der Waals surface area contributed by atoms with Crippen molar-refractivity contribution in [1.82, 2.24) is 20.2 Å². The van der Waals surface area contributed by atoms with Gasteiger partial charge < -0.3 is 20.2 Å². The van der Waals surface area contributed by atoms with Gasteiger partial charge in [-0.15, -0.1) is 0 Å². The summed E-state index contributed by atoms with van der Waals surface area (Å²) in [6, 6.07) is 6.75. The van der Waals surface area contributed by atoms with Gasteiger partial charge in [0.15, 0.2) is 0 Å². The lowest BCUT2D eigenvalue weighted by molar-refractivity contribution is 0.354. The lowest BCUT2D eigenvalue weighted by Crippen LogP contribution is -2.31. The topological polar surface area (TPSA) is 63.9 Å². The van der Waals surface area contributed by atoms with Gasteiger partial charge in [-0.05, 0) is 58.6 Å². The van der Waals surface area contributed by atoms with Crippen molar-refractivity contribution in [1.29, 1.82) is 0 Å². The highest BCUT2D eigenvalue weighted by Crippen LogP contribution is 2.17. The third-order valence-corrected chi connectivity index (χ3v) is 3.58. The Balaban J connectivity index is 2.03. The molecule has 20 heavy (non-hydrogen) atoms. The number of H-pyrrole nitrogens is 2. The SMILES string of the molecule is CC(CCN(C)C)NC(C)c1ccc2[nH]c(=O)[nH]c2c1. The number of nitrogens with zero attached hydrogens (tertiary/aromatic N) is 1. The fourth-order valence-corrected chi connectivity index (χ4v) is 2.38. The number of aromatic amines is 2. The average molecular weight is 276 g/mol. The summed E-state index contributed by atoms with van der Waals surface area (Å²) >= 11 is 0. The summed E-state index contributed by atoms with van der Waals surface area (Å²) < 4.78 is 0. The van der Waals surface area contributed by atoms with Gasteiger partial charge in [0, 0.05) is 12.1 Å². The minimum atomic E-state index is -0.155. The lowest BCUT2D eigenvalue weighted by atomic mass is 10.1. The van der Waals surface area contributed by atoms with Crippen LogP contribution in [0.1, 0.15) is 31.9 Å². The van der Waals surface area contributed by atoms with E-state index >= 15 is 0 Å². The van der Waals surface area contributed by atoms with Gasteiger partial charge in [-0.25, -0.2) is 4.79 Å². The monoisotopic (exact) mass is 276 g/mol. The molecule has 110 valence electrons. The van der Waals surface area contributed by atoms with Gasteiger partial charge >= 0.3 is 5.69 Å². The summed E-state index contributed by atoms with van der Waals surface area (Å²) in [6.07, 6.45) is 1.11. The zero-order valence-corrected chi connectivity index (χ0v) is 12.7.